The summed E-state index contributed by atoms with van der Waals surface area (Å²) in [6, 6.07) is 9.12. The molecule has 182 valence electrons. The standard InChI is InChI=1S/C25H32N4O5/c1-24(2,3)22-27(7)21(30)20(28(22)23(31)34-25(4,5)6)13-16-11-12-19(26-15-16)17-9-8-10-18(14-17)29(32)33/h8-12,14-15,20,22H,13H2,1-7H3. The zero-order valence-electron chi connectivity index (χ0n) is 20.7. The number of pyridine rings is 1. The van der Waals surface area contributed by atoms with Gasteiger partial charge < -0.3 is 9.64 Å². The predicted octanol–water partition coefficient (Wildman–Crippen LogP) is 4.65. The first-order valence-electron chi connectivity index (χ1n) is 11.2. The Balaban J connectivity index is 1.90. The van der Waals surface area contributed by atoms with E-state index in [-0.39, 0.29) is 23.4 Å². The van der Waals surface area contributed by atoms with Crippen LogP contribution in [-0.4, -0.2) is 56.6 Å². The first kappa shape index (κ1) is 25.1. The van der Waals surface area contributed by atoms with Crippen molar-refractivity contribution in [3.8, 4) is 11.3 Å². The van der Waals surface area contributed by atoms with Gasteiger partial charge in [0.25, 0.3) is 5.69 Å². The number of benzene rings is 1. The van der Waals surface area contributed by atoms with E-state index in [0.29, 0.717) is 11.3 Å². The van der Waals surface area contributed by atoms with E-state index in [1.165, 1.54) is 12.1 Å². The minimum absolute atomic E-state index is 0.0100. The SMILES string of the molecule is CN1C(=O)C(Cc2ccc(-c3cccc([N+](=O)[O-])c3)nc2)N(C(=O)OC(C)(C)C)C1C(C)(C)C. The summed E-state index contributed by atoms with van der Waals surface area (Å²) in [5.74, 6) is -0.159. The van der Waals surface area contributed by atoms with Gasteiger partial charge in [-0.2, -0.15) is 0 Å². The Morgan fingerprint density at radius 1 is 1.15 bits per heavy atom. The lowest BCUT2D eigenvalue weighted by atomic mass is 9.91. The molecule has 0 radical (unpaired) electrons. The van der Waals surface area contributed by atoms with Crippen molar-refractivity contribution in [3.63, 3.8) is 0 Å². The summed E-state index contributed by atoms with van der Waals surface area (Å²) < 4.78 is 5.66. The van der Waals surface area contributed by atoms with E-state index >= 15 is 0 Å². The number of nitro groups is 1. The number of hydrogen-bond donors (Lipinski definition) is 0. The predicted molar refractivity (Wildman–Crippen MR) is 128 cm³/mol. The maximum absolute atomic E-state index is 13.2. The number of likely N-dealkylation sites (N-methyl/N-ethyl adjacent to an activating group) is 1. The van der Waals surface area contributed by atoms with E-state index in [1.807, 2.05) is 26.8 Å². The lowest BCUT2D eigenvalue weighted by molar-refractivity contribution is -0.384. The minimum atomic E-state index is -0.727. The zero-order chi connectivity index (χ0) is 25.4. The maximum Gasteiger partial charge on any atom is 0.412 e. The normalized spacial score (nSPS) is 18.9. The number of rotatable bonds is 4. The zero-order valence-corrected chi connectivity index (χ0v) is 20.7. The van der Waals surface area contributed by atoms with Gasteiger partial charge in [-0.05, 0) is 32.4 Å². The number of ether oxygens (including phenoxy) is 1. The number of amides is 2. The summed E-state index contributed by atoms with van der Waals surface area (Å²) >= 11 is 0. The number of nitrogens with zero attached hydrogens (tertiary/aromatic N) is 4. The van der Waals surface area contributed by atoms with Crippen LogP contribution in [0.25, 0.3) is 11.3 Å². The molecular formula is C25H32N4O5. The third-order valence-electron chi connectivity index (χ3n) is 5.58. The van der Waals surface area contributed by atoms with E-state index in [4.69, 9.17) is 4.74 Å². The van der Waals surface area contributed by atoms with Crippen LogP contribution in [0.1, 0.15) is 47.1 Å². The van der Waals surface area contributed by atoms with E-state index in [0.717, 1.165) is 5.56 Å². The molecule has 0 bridgehead atoms. The second kappa shape index (κ2) is 9.04. The van der Waals surface area contributed by atoms with Crippen molar-refractivity contribution in [2.75, 3.05) is 7.05 Å². The number of hydrogen-bond acceptors (Lipinski definition) is 6. The summed E-state index contributed by atoms with van der Waals surface area (Å²) in [5, 5.41) is 11.1. The maximum atomic E-state index is 13.2. The van der Waals surface area contributed by atoms with E-state index in [2.05, 4.69) is 4.98 Å². The number of carbonyl (C=O) groups excluding carboxylic acids is 2. The van der Waals surface area contributed by atoms with Crippen LogP contribution < -0.4 is 0 Å². The highest BCUT2D eigenvalue weighted by atomic mass is 16.6. The van der Waals surface area contributed by atoms with Crippen molar-refractivity contribution in [3.05, 3.63) is 58.3 Å². The van der Waals surface area contributed by atoms with Gasteiger partial charge in [0, 0.05) is 42.8 Å². The molecule has 2 unspecified atom stereocenters. The first-order valence-corrected chi connectivity index (χ1v) is 11.2. The van der Waals surface area contributed by atoms with Crippen LogP contribution in [0.3, 0.4) is 0 Å². The molecule has 2 amide bonds. The Kier molecular flexibility index (Phi) is 6.68. The molecule has 1 aliphatic rings. The third kappa shape index (κ3) is 5.35. The van der Waals surface area contributed by atoms with Gasteiger partial charge in [0.15, 0.2) is 0 Å². The van der Waals surface area contributed by atoms with Crippen molar-refractivity contribution < 1.29 is 19.2 Å². The molecule has 1 saturated heterocycles. The lowest BCUT2D eigenvalue weighted by Gasteiger charge is -2.39. The summed E-state index contributed by atoms with van der Waals surface area (Å²) in [4.78, 5) is 44.6. The molecule has 0 aliphatic carbocycles. The largest absolute Gasteiger partial charge is 0.444 e. The molecule has 2 aromatic rings. The molecule has 34 heavy (non-hydrogen) atoms. The molecule has 9 heteroatoms. The Morgan fingerprint density at radius 2 is 1.82 bits per heavy atom. The summed E-state index contributed by atoms with van der Waals surface area (Å²) in [6.07, 6.45) is 0.921. The third-order valence-corrected chi connectivity index (χ3v) is 5.58. The fraction of sp³-hybridized carbons (Fsp3) is 0.480. The quantitative estimate of drug-likeness (QED) is 0.478. The number of aromatic nitrogens is 1. The number of nitro benzene ring substituents is 1. The summed E-state index contributed by atoms with van der Waals surface area (Å²) in [6.45, 7) is 11.3. The van der Waals surface area contributed by atoms with Crippen LogP contribution >= 0.6 is 0 Å². The second-order valence-electron chi connectivity index (χ2n) is 10.7. The fourth-order valence-corrected chi connectivity index (χ4v) is 4.28. The molecule has 0 saturated carbocycles. The van der Waals surface area contributed by atoms with Gasteiger partial charge in [0.1, 0.15) is 17.8 Å². The second-order valence-corrected chi connectivity index (χ2v) is 10.7. The van der Waals surface area contributed by atoms with E-state index in [1.54, 1.807) is 62.0 Å². The van der Waals surface area contributed by atoms with Crippen LogP contribution in [0.15, 0.2) is 42.6 Å². The van der Waals surface area contributed by atoms with E-state index in [9.17, 15) is 19.7 Å². The Hall–Kier alpha value is -3.49. The van der Waals surface area contributed by atoms with Gasteiger partial charge in [-0.3, -0.25) is 24.8 Å². The molecule has 1 aliphatic heterocycles. The highest BCUT2D eigenvalue weighted by Crippen LogP contribution is 2.36. The monoisotopic (exact) mass is 468 g/mol. The average Bonchev–Trinajstić information content (AvgIpc) is 2.98. The lowest BCUT2D eigenvalue weighted by Crippen LogP contribution is -2.52. The van der Waals surface area contributed by atoms with Crippen LogP contribution in [0, 0.1) is 15.5 Å². The smallest absolute Gasteiger partial charge is 0.412 e. The van der Waals surface area contributed by atoms with Crippen molar-refractivity contribution in [2.45, 2.75) is 65.8 Å². The van der Waals surface area contributed by atoms with E-state index < -0.39 is 28.8 Å². The summed E-state index contributed by atoms with van der Waals surface area (Å²) in [5.41, 5.74) is 0.878. The minimum Gasteiger partial charge on any atom is -0.444 e. The van der Waals surface area contributed by atoms with Gasteiger partial charge in [-0.1, -0.05) is 39.0 Å². The van der Waals surface area contributed by atoms with Crippen molar-refractivity contribution in [1.82, 2.24) is 14.8 Å². The highest BCUT2D eigenvalue weighted by molar-refractivity contribution is 5.89. The van der Waals surface area contributed by atoms with Crippen LogP contribution in [0.5, 0.6) is 0 Å². The topological polar surface area (TPSA) is 106 Å². The Labute approximate surface area is 199 Å². The van der Waals surface area contributed by atoms with Crippen molar-refractivity contribution >= 4 is 17.7 Å². The molecule has 1 aromatic heterocycles. The Morgan fingerprint density at radius 3 is 2.35 bits per heavy atom. The summed E-state index contributed by atoms with van der Waals surface area (Å²) in [7, 11) is 1.71. The van der Waals surface area contributed by atoms with Crippen LogP contribution in [0.2, 0.25) is 0 Å². The molecule has 3 rings (SSSR count). The molecule has 2 atom stereocenters. The first-order chi connectivity index (χ1) is 15.7. The molecule has 0 spiro atoms. The van der Waals surface area contributed by atoms with Gasteiger partial charge in [0.05, 0.1) is 10.6 Å². The molecule has 2 heterocycles. The fourth-order valence-electron chi connectivity index (χ4n) is 4.28. The molecular weight excluding hydrogens is 436 g/mol. The van der Waals surface area contributed by atoms with Crippen molar-refractivity contribution in [2.24, 2.45) is 5.41 Å². The van der Waals surface area contributed by atoms with Crippen molar-refractivity contribution in [1.29, 1.82) is 0 Å². The molecule has 0 N–H and O–H groups in total. The van der Waals surface area contributed by atoms with Gasteiger partial charge in [-0.15, -0.1) is 0 Å². The molecule has 1 aromatic carbocycles. The molecule has 1 fully saturated rings. The highest BCUT2D eigenvalue weighted by Gasteiger charge is 2.52. The molecule has 9 nitrogen and oxygen atoms in total. The van der Waals surface area contributed by atoms with Gasteiger partial charge in [0.2, 0.25) is 5.91 Å². The van der Waals surface area contributed by atoms with Crippen LogP contribution in [-0.2, 0) is 16.0 Å². The number of non-ortho nitro benzene ring substituents is 1. The number of carbonyl (C=O) groups is 2. The van der Waals surface area contributed by atoms with Crippen LogP contribution in [0.4, 0.5) is 10.5 Å². The average molecular weight is 469 g/mol. The van der Waals surface area contributed by atoms with Gasteiger partial charge >= 0.3 is 6.09 Å². The Bertz CT molecular complexity index is 1090. The van der Waals surface area contributed by atoms with Gasteiger partial charge in [-0.25, -0.2) is 4.79 Å².